The highest BCUT2D eigenvalue weighted by atomic mass is 15.0. The maximum atomic E-state index is 3.85. The molecule has 0 saturated carbocycles. The lowest BCUT2D eigenvalue weighted by atomic mass is 9.63. The highest BCUT2D eigenvalue weighted by Gasteiger charge is 2.37. The van der Waals surface area contributed by atoms with Crippen molar-refractivity contribution in [1.29, 1.82) is 0 Å². The molecule has 0 aliphatic heterocycles. The Bertz CT molecular complexity index is 2080. The van der Waals surface area contributed by atoms with E-state index in [1.807, 2.05) is 0 Å². The number of aromatic nitrogens is 2. The molecule has 0 atom stereocenters. The van der Waals surface area contributed by atoms with Crippen molar-refractivity contribution in [3.63, 3.8) is 0 Å². The molecular weight excluding hydrogens is 472 g/mol. The van der Waals surface area contributed by atoms with Gasteiger partial charge >= 0.3 is 0 Å². The van der Waals surface area contributed by atoms with Gasteiger partial charge in [0.05, 0.1) is 11.0 Å². The van der Waals surface area contributed by atoms with Crippen molar-refractivity contribution in [3.05, 3.63) is 108 Å². The summed E-state index contributed by atoms with van der Waals surface area (Å²) in [6.45, 7) is 10.5. The predicted molar refractivity (Wildman–Crippen MR) is 167 cm³/mol. The quantitative estimate of drug-likeness (QED) is 0.241. The largest absolute Gasteiger partial charge is 0.354 e. The minimum absolute atomic E-state index is 0.188. The average molecular weight is 507 g/mol. The van der Waals surface area contributed by atoms with Crippen LogP contribution in [0.2, 0.25) is 0 Å². The third kappa shape index (κ3) is 3.27. The number of aromatic amines is 1. The van der Waals surface area contributed by atoms with Crippen molar-refractivity contribution in [2.24, 2.45) is 0 Å². The van der Waals surface area contributed by atoms with E-state index < -0.39 is 0 Å². The molecule has 1 N–H and O–H groups in total. The van der Waals surface area contributed by atoms with Crippen molar-refractivity contribution < 1.29 is 0 Å². The Labute approximate surface area is 229 Å². The van der Waals surface area contributed by atoms with Crippen LogP contribution in [0.4, 0.5) is 0 Å². The molecule has 8 rings (SSSR count). The fraction of sp³-hybridized carbons (Fsp3) is 0.243. The second-order valence-corrected chi connectivity index (χ2v) is 13.0. The first kappa shape index (κ1) is 22.9. The fourth-order valence-electron chi connectivity index (χ4n) is 7.26. The van der Waals surface area contributed by atoms with Gasteiger partial charge in [-0.15, -0.1) is 0 Å². The minimum Gasteiger partial charge on any atom is -0.354 e. The maximum absolute atomic E-state index is 3.85. The Hall–Kier alpha value is -4.04. The molecule has 0 amide bonds. The molecule has 1 aliphatic rings. The van der Waals surface area contributed by atoms with Crippen LogP contribution < -0.4 is 0 Å². The van der Waals surface area contributed by atoms with Crippen LogP contribution in [-0.4, -0.2) is 9.55 Å². The zero-order valence-corrected chi connectivity index (χ0v) is 23.2. The van der Waals surface area contributed by atoms with E-state index >= 15 is 0 Å². The van der Waals surface area contributed by atoms with Crippen LogP contribution in [0.25, 0.3) is 54.4 Å². The van der Waals surface area contributed by atoms with Crippen molar-refractivity contribution in [3.8, 4) is 0 Å². The Morgan fingerprint density at radius 3 is 2.08 bits per heavy atom. The monoisotopic (exact) mass is 506 g/mol. The van der Waals surface area contributed by atoms with Gasteiger partial charge in [-0.05, 0) is 81.5 Å². The normalized spacial score (nSPS) is 16.5. The molecule has 2 aromatic heterocycles. The number of hydrogen-bond donors (Lipinski definition) is 1. The van der Waals surface area contributed by atoms with Gasteiger partial charge in [0, 0.05) is 39.1 Å². The van der Waals surface area contributed by atoms with Gasteiger partial charge in [-0.3, -0.25) is 0 Å². The number of H-pyrrole nitrogens is 1. The van der Waals surface area contributed by atoms with Gasteiger partial charge in [-0.25, -0.2) is 0 Å². The Balaban J connectivity index is 1.49. The molecule has 7 aromatic rings. The van der Waals surface area contributed by atoms with Crippen LogP contribution in [0.15, 0.2) is 91.0 Å². The highest BCUT2D eigenvalue weighted by Crippen LogP contribution is 2.48. The minimum atomic E-state index is 0.188. The van der Waals surface area contributed by atoms with Crippen LogP contribution in [-0.2, 0) is 17.4 Å². The van der Waals surface area contributed by atoms with E-state index in [-0.39, 0.29) is 10.8 Å². The van der Waals surface area contributed by atoms with E-state index in [2.05, 4.69) is 128 Å². The van der Waals surface area contributed by atoms with Crippen LogP contribution in [0.3, 0.4) is 0 Å². The molecule has 2 nitrogen and oxygen atoms in total. The molecule has 5 aromatic carbocycles. The van der Waals surface area contributed by atoms with Gasteiger partial charge in [-0.2, -0.15) is 0 Å². The number of benzene rings is 5. The second-order valence-electron chi connectivity index (χ2n) is 13.0. The van der Waals surface area contributed by atoms with E-state index in [1.165, 1.54) is 83.9 Å². The maximum Gasteiger partial charge on any atom is 0.0502 e. The Kier molecular flexibility index (Phi) is 4.56. The first-order valence-corrected chi connectivity index (χ1v) is 14.3. The molecule has 2 heteroatoms. The molecule has 0 unspecified atom stereocenters. The summed E-state index contributed by atoms with van der Waals surface area (Å²) in [5.41, 5.74) is 9.81. The molecule has 39 heavy (non-hydrogen) atoms. The number of nitrogens with zero attached hydrogens (tertiary/aromatic N) is 1. The Morgan fingerprint density at radius 2 is 1.28 bits per heavy atom. The first-order chi connectivity index (χ1) is 18.8. The first-order valence-electron chi connectivity index (χ1n) is 14.3. The topological polar surface area (TPSA) is 20.7 Å². The lowest BCUT2D eigenvalue weighted by molar-refractivity contribution is 0.332. The molecule has 2 heterocycles. The van der Waals surface area contributed by atoms with Gasteiger partial charge in [-0.1, -0.05) is 88.4 Å². The highest BCUT2D eigenvalue weighted by molar-refractivity contribution is 6.24. The van der Waals surface area contributed by atoms with Gasteiger partial charge < -0.3 is 9.55 Å². The molecule has 0 radical (unpaired) electrons. The van der Waals surface area contributed by atoms with Gasteiger partial charge in [0.15, 0.2) is 0 Å². The van der Waals surface area contributed by atoms with Crippen molar-refractivity contribution in [2.75, 3.05) is 0 Å². The number of rotatable bonds is 2. The van der Waals surface area contributed by atoms with E-state index in [1.54, 1.807) is 0 Å². The van der Waals surface area contributed by atoms with E-state index in [0.29, 0.717) is 0 Å². The molecular formula is C37H34N2. The van der Waals surface area contributed by atoms with Crippen LogP contribution in [0.5, 0.6) is 0 Å². The van der Waals surface area contributed by atoms with Crippen molar-refractivity contribution in [1.82, 2.24) is 9.55 Å². The van der Waals surface area contributed by atoms with Crippen molar-refractivity contribution in [2.45, 2.75) is 57.9 Å². The third-order valence-electron chi connectivity index (χ3n) is 9.63. The van der Waals surface area contributed by atoms with Gasteiger partial charge in [0.25, 0.3) is 0 Å². The summed E-state index contributed by atoms with van der Waals surface area (Å²) in [6.07, 6.45) is 2.45. The lowest BCUT2D eigenvalue weighted by Gasteiger charge is -2.41. The fourth-order valence-corrected chi connectivity index (χ4v) is 7.26. The molecule has 0 saturated heterocycles. The Morgan fingerprint density at radius 1 is 0.615 bits per heavy atom. The van der Waals surface area contributed by atoms with E-state index in [4.69, 9.17) is 0 Å². The van der Waals surface area contributed by atoms with Crippen molar-refractivity contribution >= 4 is 54.4 Å². The summed E-state index contributed by atoms with van der Waals surface area (Å²) in [4.78, 5) is 3.85. The standard InChI is InChI=1S/C37H34N2/c1-36(2)16-17-37(3,4)30-21-32-26(18-29(30)36)27-20-34-28(19-31(27)38-32)35-25-13-9-8-12-24(25)14-15-33(35)39(34)22-23-10-6-5-7-11-23/h5-15,18-21,38H,16-17,22H2,1-4H3. The summed E-state index contributed by atoms with van der Waals surface area (Å²) in [6, 6.07) is 34.1. The molecule has 0 fully saturated rings. The smallest absolute Gasteiger partial charge is 0.0502 e. The zero-order valence-electron chi connectivity index (χ0n) is 23.2. The third-order valence-corrected chi connectivity index (χ3v) is 9.63. The van der Waals surface area contributed by atoms with E-state index in [0.717, 1.165) is 6.54 Å². The van der Waals surface area contributed by atoms with Gasteiger partial charge in [0.1, 0.15) is 0 Å². The SMILES string of the molecule is CC1(C)CCC(C)(C)c2cc3c(cc21)[nH]c1cc2c4c5ccccc5ccc4n(Cc4ccccc4)c2cc13. The average Bonchev–Trinajstić information content (AvgIpc) is 3.44. The van der Waals surface area contributed by atoms with Crippen LogP contribution >= 0.6 is 0 Å². The second kappa shape index (κ2) is 7.76. The summed E-state index contributed by atoms with van der Waals surface area (Å²) >= 11 is 0. The summed E-state index contributed by atoms with van der Waals surface area (Å²) in [5, 5.41) is 7.95. The van der Waals surface area contributed by atoms with Gasteiger partial charge in [0.2, 0.25) is 0 Å². The molecule has 0 spiro atoms. The number of fused-ring (bicyclic) bond motifs is 9. The number of nitrogens with one attached hydrogen (secondary N) is 1. The summed E-state index contributed by atoms with van der Waals surface area (Å²) in [5.74, 6) is 0. The molecule has 0 bridgehead atoms. The summed E-state index contributed by atoms with van der Waals surface area (Å²) < 4.78 is 2.52. The molecule has 1 aliphatic carbocycles. The van der Waals surface area contributed by atoms with Crippen LogP contribution in [0.1, 0.15) is 57.2 Å². The van der Waals surface area contributed by atoms with E-state index in [9.17, 15) is 0 Å². The summed E-state index contributed by atoms with van der Waals surface area (Å²) in [7, 11) is 0. The predicted octanol–water partition coefficient (Wildman–Crippen LogP) is 9.98. The van der Waals surface area contributed by atoms with Crippen LogP contribution in [0, 0.1) is 0 Å². The lowest BCUT2D eigenvalue weighted by Crippen LogP contribution is -2.33. The number of hydrogen-bond acceptors (Lipinski definition) is 0. The molecule has 192 valence electrons. The zero-order chi connectivity index (χ0) is 26.5.